The molecule has 0 fully saturated rings. The van der Waals surface area contributed by atoms with Crippen LogP contribution in [-0.2, 0) is 25.8 Å². The standard InChI is InChI=1S/2C13H15.Hf/c2*1-9(2)12-6-4-5-11-7-10(3)8-13(11)12;/h2*4-9H,1-3H3;/q2*-1;. The number of aryl methyl sites for hydroxylation is 2. The number of benzene rings is 2. The summed E-state index contributed by atoms with van der Waals surface area (Å²) < 4.78 is 0. The molecule has 0 nitrogen and oxygen atoms in total. The summed E-state index contributed by atoms with van der Waals surface area (Å²) in [6.45, 7) is 13.3. The first-order chi connectivity index (χ1) is 12.4. The number of hydrogen-bond donors (Lipinski definition) is 0. The van der Waals surface area contributed by atoms with Gasteiger partial charge < -0.3 is 0 Å². The smallest absolute Gasteiger partial charge is 0 e. The van der Waals surface area contributed by atoms with Crippen LogP contribution in [0.3, 0.4) is 0 Å². The molecule has 0 aromatic heterocycles. The molecule has 0 heterocycles. The van der Waals surface area contributed by atoms with Crippen LogP contribution in [0.2, 0.25) is 0 Å². The minimum atomic E-state index is 0. The van der Waals surface area contributed by atoms with Gasteiger partial charge in [0.2, 0.25) is 0 Å². The molecule has 27 heavy (non-hydrogen) atoms. The molecule has 0 spiro atoms. The van der Waals surface area contributed by atoms with Gasteiger partial charge >= 0.3 is 0 Å². The maximum absolute atomic E-state index is 2.28. The molecule has 0 aliphatic heterocycles. The van der Waals surface area contributed by atoms with E-state index in [0.717, 1.165) is 0 Å². The second kappa shape index (κ2) is 9.15. The molecule has 0 amide bonds. The van der Waals surface area contributed by atoms with E-state index in [2.05, 4.69) is 102 Å². The van der Waals surface area contributed by atoms with Gasteiger partial charge in [-0.25, -0.2) is 0 Å². The summed E-state index contributed by atoms with van der Waals surface area (Å²) in [4.78, 5) is 0. The van der Waals surface area contributed by atoms with Crippen LogP contribution in [0.25, 0.3) is 21.5 Å². The first-order valence-electron chi connectivity index (χ1n) is 9.68. The molecule has 1 heteroatoms. The van der Waals surface area contributed by atoms with E-state index in [4.69, 9.17) is 0 Å². The van der Waals surface area contributed by atoms with E-state index in [1.807, 2.05) is 0 Å². The normalized spacial score (nSPS) is 11.0. The van der Waals surface area contributed by atoms with Crippen molar-refractivity contribution in [2.24, 2.45) is 0 Å². The number of rotatable bonds is 2. The molecule has 0 aliphatic rings. The van der Waals surface area contributed by atoms with Gasteiger partial charge in [0.05, 0.1) is 0 Å². The van der Waals surface area contributed by atoms with E-state index in [-0.39, 0.29) is 25.8 Å². The van der Waals surface area contributed by atoms with Crippen molar-refractivity contribution in [1.29, 1.82) is 0 Å². The van der Waals surface area contributed by atoms with Crippen LogP contribution in [0, 0.1) is 13.8 Å². The second-order valence-electron chi connectivity index (χ2n) is 8.08. The number of fused-ring (bicyclic) bond motifs is 2. The van der Waals surface area contributed by atoms with Gasteiger partial charge in [-0.15, -0.1) is 69.1 Å². The molecule has 0 N–H and O–H groups in total. The first-order valence-corrected chi connectivity index (χ1v) is 9.68. The van der Waals surface area contributed by atoms with E-state index in [9.17, 15) is 0 Å². The van der Waals surface area contributed by atoms with Crippen molar-refractivity contribution in [2.45, 2.75) is 53.4 Å². The van der Waals surface area contributed by atoms with Gasteiger partial charge in [-0.2, -0.15) is 12.1 Å². The minimum absolute atomic E-state index is 0. The van der Waals surface area contributed by atoms with Crippen molar-refractivity contribution in [2.75, 3.05) is 0 Å². The predicted octanol–water partition coefficient (Wildman–Crippen LogP) is 7.98. The molecule has 0 radical (unpaired) electrons. The van der Waals surface area contributed by atoms with Crippen molar-refractivity contribution >= 4 is 21.5 Å². The molecule has 0 saturated carbocycles. The second-order valence-corrected chi connectivity index (χ2v) is 8.08. The maximum atomic E-state index is 2.28. The Hall–Kier alpha value is -1.47. The van der Waals surface area contributed by atoms with E-state index < -0.39 is 0 Å². The van der Waals surface area contributed by atoms with Crippen LogP contribution >= 0.6 is 0 Å². The van der Waals surface area contributed by atoms with Crippen LogP contribution in [0.1, 0.15) is 61.8 Å². The van der Waals surface area contributed by atoms with Crippen LogP contribution in [0.15, 0.2) is 60.7 Å². The van der Waals surface area contributed by atoms with Gasteiger partial charge in [0.15, 0.2) is 0 Å². The van der Waals surface area contributed by atoms with Gasteiger partial charge in [-0.1, -0.05) is 64.8 Å². The predicted molar refractivity (Wildman–Crippen MR) is 117 cm³/mol. The fourth-order valence-electron chi connectivity index (χ4n) is 3.82. The van der Waals surface area contributed by atoms with Gasteiger partial charge in [0, 0.05) is 25.8 Å². The average Bonchev–Trinajstić information content (AvgIpc) is 3.14. The third-order valence-electron chi connectivity index (χ3n) is 5.10. The summed E-state index contributed by atoms with van der Waals surface area (Å²) in [5.41, 5.74) is 5.66. The molecule has 0 aliphatic carbocycles. The molecule has 4 aromatic rings. The Labute approximate surface area is 183 Å². The van der Waals surface area contributed by atoms with E-state index in [0.29, 0.717) is 11.8 Å². The molecule has 4 aromatic carbocycles. The van der Waals surface area contributed by atoms with Crippen molar-refractivity contribution < 1.29 is 25.8 Å². The Kier molecular flexibility index (Phi) is 7.40. The maximum Gasteiger partial charge on any atom is 0 e. The van der Waals surface area contributed by atoms with Crippen LogP contribution in [0.4, 0.5) is 0 Å². The van der Waals surface area contributed by atoms with Crippen LogP contribution < -0.4 is 0 Å². The Bertz CT molecular complexity index is 927. The van der Waals surface area contributed by atoms with Gasteiger partial charge in [-0.05, 0) is 11.8 Å². The summed E-state index contributed by atoms with van der Waals surface area (Å²) in [5, 5.41) is 5.61. The summed E-state index contributed by atoms with van der Waals surface area (Å²) in [7, 11) is 0. The largest absolute Gasteiger partial charge is 0.165 e. The Morgan fingerprint density at radius 2 is 1.00 bits per heavy atom. The fourth-order valence-corrected chi connectivity index (χ4v) is 3.82. The SMILES string of the molecule is Cc1cc2c(C(C)C)cccc2[cH-]1.Cc1cc2c(C(C)C)cccc2[cH-]1.[Hf]. The van der Waals surface area contributed by atoms with Crippen LogP contribution in [0.5, 0.6) is 0 Å². The molecule has 0 atom stereocenters. The zero-order valence-electron chi connectivity index (χ0n) is 17.4. The third-order valence-corrected chi connectivity index (χ3v) is 5.10. The molecule has 0 unspecified atom stereocenters. The van der Waals surface area contributed by atoms with E-state index in [1.165, 1.54) is 43.8 Å². The van der Waals surface area contributed by atoms with Crippen molar-refractivity contribution in [3.05, 3.63) is 82.9 Å². The topological polar surface area (TPSA) is 0 Å². The van der Waals surface area contributed by atoms with Gasteiger partial charge in [0.25, 0.3) is 0 Å². The summed E-state index contributed by atoms with van der Waals surface area (Å²) in [6, 6.07) is 22.2. The van der Waals surface area contributed by atoms with Gasteiger partial charge in [0.1, 0.15) is 0 Å². The monoisotopic (exact) mass is 522 g/mol. The average molecular weight is 521 g/mol. The first kappa shape index (κ1) is 21.8. The summed E-state index contributed by atoms with van der Waals surface area (Å²) >= 11 is 0. The Balaban J connectivity index is 0.000000187. The quantitative estimate of drug-likeness (QED) is 0.186. The zero-order valence-corrected chi connectivity index (χ0v) is 21.0. The van der Waals surface area contributed by atoms with Crippen molar-refractivity contribution in [1.82, 2.24) is 0 Å². The molecule has 140 valence electrons. The summed E-state index contributed by atoms with van der Waals surface area (Å²) in [6.07, 6.45) is 0. The Morgan fingerprint density at radius 3 is 1.33 bits per heavy atom. The zero-order chi connectivity index (χ0) is 18.8. The third kappa shape index (κ3) is 4.88. The Morgan fingerprint density at radius 1 is 0.630 bits per heavy atom. The summed E-state index contributed by atoms with van der Waals surface area (Å²) in [5.74, 6) is 1.23. The van der Waals surface area contributed by atoms with E-state index in [1.54, 1.807) is 0 Å². The molecule has 0 bridgehead atoms. The number of hydrogen-bond acceptors (Lipinski definition) is 0. The fraction of sp³-hybridized carbons (Fsp3) is 0.308. The van der Waals surface area contributed by atoms with Crippen molar-refractivity contribution in [3.8, 4) is 0 Å². The molecular weight excluding hydrogens is 491 g/mol. The van der Waals surface area contributed by atoms with Crippen LogP contribution in [-0.4, -0.2) is 0 Å². The van der Waals surface area contributed by atoms with Crippen molar-refractivity contribution in [3.63, 3.8) is 0 Å². The molecule has 4 rings (SSSR count). The van der Waals surface area contributed by atoms with E-state index >= 15 is 0 Å². The van der Waals surface area contributed by atoms with Gasteiger partial charge in [-0.3, -0.25) is 0 Å². The minimum Gasteiger partial charge on any atom is -0.165 e. The molecular formula is C26H30Hf-2. The molecule has 0 saturated heterocycles.